The number of hydrogen-bond acceptors (Lipinski definition) is 5. The van der Waals surface area contributed by atoms with Gasteiger partial charge in [-0.15, -0.1) is 0 Å². The average molecular weight is 543 g/mol. The molecule has 4 unspecified atom stereocenters. The molecular formula is C24H22IN3O4. The Bertz CT molecular complexity index is 1080. The van der Waals surface area contributed by atoms with E-state index in [1.165, 1.54) is 0 Å². The van der Waals surface area contributed by atoms with Crippen molar-refractivity contribution in [3.63, 3.8) is 0 Å². The van der Waals surface area contributed by atoms with E-state index in [-0.39, 0.29) is 0 Å². The van der Waals surface area contributed by atoms with Crippen LogP contribution in [0.5, 0.6) is 0 Å². The van der Waals surface area contributed by atoms with E-state index < -0.39 is 45.3 Å². The predicted molar refractivity (Wildman–Crippen MR) is 127 cm³/mol. The molecule has 3 aliphatic rings. The summed E-state index contributed by atoms with van der Waals surface area (Å²) in [6.07, 6.45) is 0. The quantitative estimate of drug-likeness (QED) is 0.356. The minimum Gasteiger partial charge on any atom is -0.399 e. The molecule has 2 saturated heterocycles. The molecule has 2 N–H and O–H groups in total. The van der Waals surface area contributed by atoms with Crippen LogP contribution in [0.25, 0.3) is 0 Å². The lowest BCUT2D eigenvalue weighted by Crippen LogP contribution is -2.77. The van der Waals surface area contributed by atoms with Crippen molar-refractivity contribution < 1.29 is 19.2 Å². The molecule has 0 spiro atoms. The van der Waals surface area contributed by atoms with Crippen molar-refractivity contribution in [2.75, 3.05) is 15.5 Å². The van der Waals surface area contributed by atoms with Crippen LogP contribution in [0, 0.1) is 25.2 Å². The van der Waals surface area contributed by atoms with E-state index in [2.05, 4.69) is 22.6 Å². The Morgan fingerprint density at radius 1 is 0.594 bits per heavy atom. The molecule has 2 aromatic carbocycles. The molecule has 5 rings (SSSR count). The normalized spacial score (nSPS) is 35.8. The number of imide groups is 2. The van der Waals surface area contributed by atoms with E-state index >= 15 is 0 Å². The number of amides is 4. The number of rotatable bonds is 2. The zero-order chi connectivity index (χ0) is 23.4. The van der Waals surface area contributed by atoms with Crippen molar-refractivity contribution in [2.24, 2.45) is 21.7 Å². The minimum atomic E-state index is -1.38. The Kier molecular flexibility index (Phi) is 3.94. The van der Waals surface area contributed by atoms with Gasteiger partial charge < -0.3 is 5.73 Å². The Labute approximate surface area is 199 Å². The topological polar surface area (TPSA) is 101 Å². The number of nitrogen functional groups attached to an aromatic ring is 1. The smallest absolute Gasteiger partial charge is 0.241 e. The summed E-state index contributed by atoms with van der Waals surface area (Å²) < 4.78 is 0.964. The monoisotopic (exact) mass is 543 g/mol. The fourth-order valence-electron chi connectivity index (χ4n) is 6.41. The molecule has 2 heterocycles. The van der Waals surface area contributed by atoms with E-state index in [1.54, 1.807) is 64.1 Å². The molecule has 3 fully saturated rings. The molecule has 7 nitrogen and oxygen atoms in total. The summed E-state index contributed by atoms with van der Waals surface area (Å²) in [5.41, 5.74) is 1.59. The first-order chi connectivity index (χ1) is 14.9. The summed E-state index contributed by atoms with van der Waals surface area (Å²) in [5.74, 6) is -1.85. The van der Waals surface area contributed by atoms with Crippen LogP contribution < -0.4 is 15.5 Å². The number of hydrogen-bond donors (Lipinski definition) is 1. The number of nitrogens with zero attached hydrogens (tertiary/aromatic N) is 2. The van der Waals surface area contributed by atoms with E-state index in [1.807, 2.05) is 12.1 Å². The van der Waals surface area contributed by atoms with Gasteiger partial charge in [0.05, 0.1) is 33.0 Å². The van der Waals surface area contributed by atoms with Gasteiger partial charge in [0.15, 0.2) is 0 Å². The second-order valence-corrected chi connectivity index (χ2v) is 10.7. The zero-order valence-corrected chi connectivity index (χ0v) is 20.3. The van der Waals surface area contributed by atoms with Gasteiger partial charge in [0.1, 0.15) is 0 Å². The summed E-state index contributed by atoms with van der Waals surface area (Å²) in [6.45, 7) is 6.60. The van der Waals surface area contributed by atoms with Crippen LogP contribution in [0.15, 0.2) is 48.5 Å². The van der Waals surface area contributed by atoms with Gasteiger partial charge >= 0.3 is 0 Å². The van der Waals surface area contributed by atoms with Crippen LogP contribution in [0.1, 0.15) is 27.7 Å². The number of carbonyl (C=O) groups excluding carboxylic acids is 4. The largest absolute Gasteiger partial charge is 0.399 e. The maximum Gasteiger partial charge on any atom is 0.241 e. The molecule has 32 heavy (non-hydrogen) atoms. The van der Waals surface area contributed by atoms with Gasteiger partial charge in [-0.1, -0.05) is 0 Å². The summed E-state index contributed by atoms with van der Waals surface area (Å²) >= 11 is 2.15. The first-order valence-electron chi connectivity index (χ1n) is 10.3. The number of anilines is 3. The van der Waals surface area contributed by atoms with E-state index in [9.17, 15) is 19.2 Å². The Morgan fingerprint density at radius 2 is 0.875 bits per heavy atom. The van der Waals surface area contributed by atoms with Crippen LogP contribution in [-0.4, -0.2) is 23.6 Å². The van der Waals surface area contributed by atoms with E-state index in [0.717, 1.165) is 13.4 Å². The SMILES string of the molecule is CC12C(=O)N(c3ccc(N)cc3)C(=O)C1(C)C1(C)C(=O)N(c3ccc(I)cc3)C(=O)C21C. The second-order valence-electron chi connectivity index (χ2n) is 9.46. The van der Waals surface area contributed by atoms with Gasteiger partial charge in [0, 0.05) is 9.26 Å². The molecular weight excluding hydrogens is 521 g/mol. The third kappa shape index (κ3) is 1.83. The van der Waals surface area contributed by atoms with Crippen LogP contribution in [0.4, 0.5) is 17.1 Å². The second kappa shape index (κ2) is 5.98. The minimum absolute atomic E-state index is 0.380. The van der Waals surface area contributed by atoms with Gasteiger partial charge in [0.2, 0.25) is 23.6 Å². The lowest BCUT2D eigenvalue weighted by molar-refractivity contribution is -0.243. The molecule has 164 valence electrons. The molecule has 1 aliphatic carbocycles. The number of halogens is 1. The predicted octanol–water partition coefficient (Wildman–Crippen LogP) is 3.36. The van der Waals surface area contributed by atoms with Crippen molar-refractivity contribution >= 4 is 63.3 Å². The van der Waals surface area contributed by atoms with Crippen molar-refractivity contribution in [2.45, 2.75) is 27.7 Å². The molecule has 0 bridgehead atoms. The fraction of sp³-hybridized carbons (Fsp3) is 0.333. The van der Waals surface area contributed by atoms with Crippen molar-refractivity contribution in [3.05, 3.63) is 52.1 Å². The maximum absolute atomic E-state index is 13.8. The number of benzene rings is 2. The van der Waals surface area contributed by atoms with E-state index in [4.69, 9.17) is 5.73 Å². The molecule has 0 radical (unpaired) electrons. The van der Waals surface area contributed by atoms with Gasteiger partial charge in [-0.05, 0) is 98.8 Å². The van der Waals surface area contributed by atoms with Gasteiger partial charge in [-0.2, -0.15) is 0 Å². The zero-order valence-electron chi connectivity index (χ0n) is 18.1. The lowest BCUT2D eigenvalue weighted by Gasteiger charge is -2.67. The average Bonchev–Trinajstić information content (AvgIpc) is 3.01. The maximum atomic E-state index is 13.8. The molecule has 2 aliphatic heterocycles. The summed E-state index contributed by atoms with van der Waals surface area (Å²) in [7, 11) is 0. The molecule has 1 saturated carbocycles. The number of nitrogens with two attached hydrogens (primary N) is 1. The molecule has 4 amide bonds. The van der Waals surface area contributed by atoms with E-state index in [0.29, 0.717) is 17.1 Å². The first kappa shape index (κ1) is 21.1. The fourth-order valence-corrected chi connectivity index (χ4v) is 6.77. The van der Waals surface area contributed by atoms with Gasteiger partial charge in [-0.25, -0.2) is 9.80 Å². The highest BCUT2D eigenvalue weighted by Crippen LogP contribution is 2.84. The van der Waals surface area contributed by atoms with Crippen LogP contribution in [0.3, 0.4) is 0 Å². The molecule has 8 heteroatoms. The molecule has 4 atom stereocenters. The van der Waals surface area contributed by atoms with Crippen molar-refractivity contribution in [3.8, 4) is 0 Å². The van der Waals surface area contributed by atoms with Crippen LogP contribution in [-0.2, 0) is 19.2 Å². The van der Waals surface area contributed by atoms with Gasteiger partial charge in [0.25, 0.3) is 0 Å². The summed E-state index contributed by atoms with van der Waals surface area (Å²) in [4.78, 5) is 57.5. The van der Waals surface area contributed by atoms with Crippen molar-refractivity contribution in [1.82, 2.24) is 0 Å². The van der Waals surface area contributed by atoms with Crippen LogP contribution >= 0.6 is 22.6 Å². The highest BCUT2D eigenvalue weighted by Gasteiger charge is 2.96. The third-order valence-electron chi connectivity index (χ3n) is 8.76. The highest BCUT2D eigenvalue weighted by atomic mass is 127. The Morgan fingerprint density at radius 3 is 1.19 bits per heavy atom. The first-order valence-corrected chi connectivity index (χ1v) is 11.4. The Hall–Kier alpha value is -2.75. The standard InChI is InChI=1S/C24H22IN3O4/c1-21-17(29)27(15-9-5-13(25)6-10-15)18(30)22(21,2)24(4)20(32)28(19(31)23(21,24)3)16-11-7-14(26)8-12-16/h5-12H,26H2,1-4H3. The Balaban J connectivity index is 1.69. The van der Waals surface area contributed by atoms with Crippen LogP contribution in [0.2, 0.25) is 0 Å². The molecule has 2 aromatic rings. The van der Waals surface area contributed by atoms with Crippen molar-refractivity contribution in [1.29, 1.82) is 0 Å². The lowest BCUT2D eigenvalue weighted by atomic mass is 9.27. The number of carbonyl (C=O) groups is 4. The third-order valence-corrected chi connectivity index (χ3v) is 9.48. The number of fused-ring (bicyclic) bond motifs is 4. The summed E-state index contributed by atoms with van der Waals surface area (Å²) in [6, 6.07) is 13.5. The summed E-state index contributed by atoms with van der Waals surface area (Å²) in [5, 5.41) is 0. The van der Waals surface area contributed by atoms with Gasteiger partial charge in [-0.3, -0.25) is 19.2 Å². The molecule has 0 aromatic heterocycles. The highest BCUT2D eigenvalue weighted by molar-refractivity contribution is 14.1.